The average Bonchev–Trinajstić information content (AvgIpc) is 2.89. The van der Waals surface area contributed by atoms with Crippen molar-refractivity contribution in [1.29, 1.82) is 0 Å². The van der Waals surface area contributed by atoms with Crippen molar-refractivity contribution < 1.29 is 9.84 Å². The lowest BCUT2D eigenvalue weighted by atomic mass is 10.3. The second kappa shape index (κ2) is 7.43. The lowest BCUT2D eigenvalue weighted by molar-refractivity contribution is 0.0929. The Labute approximate surface area is 165 Å². The first kappa shape index (κ1) is 19.0. The summed E-state index contributed by atoms with van der Waals surface area (Å²) < 4.78 is 8.48. The number of aromatic nitrogens is 4. The van der Waals surface area contributed by atoms with E-state index in [2.05, 4.69) is 25.9 Å². The lowest BCUT2D eigenvalue weighted by Crippen LogP contribution is -2.30. The van der Waals surface area contributed by atoms with Crippen molar-refractivity contribution in [3.63, 3.8) is 0 Å². The van der Waals surface area contributed by atoms with Crippen LogP contribution in [0.15, 0.2) is 32.5 Å². The molecule has 11 heteroatoms. The van der Waals surface area contributed by atoms with Gasteiger partial charge in [0, 0.05) is 12.1 Å². The van der Waals surface area contributed by atoms with Gasteiger partial charge in [0.15, 0.2) is 15.9 Å². The molecule has 0 aliphatic heterocycles. The Bertz CT molecular complexity index is 1090. The second-order valence-corrected chi connectivity index (χ2v) is 7.07. The van der Waals surface area contributed by atoms with E-state index in [1.165, 1.54) is 22.2 Å². The van der Waals surface area contributed by atoms with Crippen molar-refractivity contribution in [1.82, 2.24) is 19.1 Å². The fourth-order valence-electron chi connectivity index (χ4n) is 2.42. The Morgan fingerprint density at radius 3 is 2.81 bits per heavy atom. The molecule has 1 aromatic carbocycles. The highest BCUT2D eigenvalue weighted by Gasteiger charge is 2.18. The summed E-state index contributed by atoms with van der Waals surface area (Å²) in [6.07, 6.45) is -0.966. The number of imidazole rings is 1. The number of fused-ring (bicyclic) bond motifs is 1. The highest BCUT2D eigenvalue weighted by molar-refractivity contribution is 9.10. The molecule has 0 saturated heterocycles. The molecule has 8 nitrogen and oxygen atoms in total. The predicted molar refractivity (Wildman–Crippen MR) is 101 cm³/mol. The van der Waals surface area contributed by atoms with E-state index in [0.717, 1.165) is 0 Å². The van der Waals surface area contributed by atoms with Gasteiger partial charge in [-0.15, -0.1) is 0 Å². The third kappa shape index (κ3) is 3.66. The van der Waals surface area contributed by atoms with Crippen LogP contribution in [0.5, 0.6) is 5.75 Å². The van der Waals surface area contributed by atoms with Crippen molar-refractivity contribution in [3.8, 4) is 5.75 Å². The van der Waals surface area contributed by atoms with E-state index >= 15 is 0 Å². The van der Waals surface area contributed by atoms with E-state index < -0.39 is 17.4 Å². The summed E-state index contributed by atoms with van der Waals surface area (Å²) in [6.45, 7) is -0.0549. The van der Waals surface area contributed by atoms with Gasteiger partial charge in [0.25, 0.3) is 5.56 Å². The van der Waals surface area contributed by atoms with Gasteiger partial charge in [-0.2, -0.15) is 0 Å². The van der Waals surface area contributed by atoms with Crippen LogP contribution < -0.4 is 16.0 Å². The van der Waals surface area contributed by atoms with Gasteiger partial charge >= 0.3 is 5.69 Å². The summed E-state index contributed by atoms with van der Waals surface area (Å²) in [5, 5.41) is 11.1. The summed E-state index contributed by atoms with van der Waals surface area (Å²) in [7, 11) is 1.49. The first-order valence-corrected chi connectivity index (χ1v) is 8.93. The van der Waals surface area contributed by atoms with Gasteiger partial charge in [-0.3, -0.25) is 14.3 Å². The first-order chi connectivity index (χ1) is 12.3. The van der Waals surface area contributed by atoms with Crippen molar-refractivity contribution >= 4 is 50.3 Å². The molecule has 1 atom stereocenters. The average molecular weight is 464 g/mol. The molecule has 3 aromatic rings. The molecular weight excluding hydrogens is 451 g/mol. The standard InChI is InChI=1S/C15H13BrCl2N4O4/c1-21-12-11(13(24)20-15(21)25)22(14(16)19-12)5-8(23)6-26-10-3-2-7(17)4-9(10)18/h2-4,8,23H,5-6H2,1H3,(H,20,24,25)/t8-/m0/s1. The van der Waals surface area contributed by atoms with Gasteiger partial charge in [0.05, 0.1) is 11.6 Å². The largest absolute Gasteiger partial charge is 0.489 e. The number of rotatable bonds is 5. The van der Waals surface area contributed by atoms with Crippen molar-refractivity contribution in [2.24, 2.45) is 7.05 Å². The van der Waals surface area contributed by atoms with Gasteiger partial charge in [-0.25, -0.2) is 9.78 Å². The van der Waals surface area contributed by atoms with Gasteiger partial charge in [-0.05, 0) is 34.1 Å². The summed E-state index contributed by atoms with van der Waals surface area (Å²) >= 11 is 15.1. The number of aromatic amines is 1. The maximum Gasteiger partial charge on any atom is 0.329 e. The molecule has 0 amide bonds. The Balaban J connectivity index is 1.82. The normalized spacial score (nSPS) is 12.5. The zero-order valence-electron chi connectivity index (χ0n) is 13.4. The molecule has 3 rings (SSSR count). The topological polar surface area (TPSA) is 102 Å². The molecule has 0 radical (unpaired) electrons. The fourth-order valence-corrected chi connectivity index (χ4v) is 3.37. The molecule has 2 heterocycles. The molecule has 0 spiro atoms. The van der Waals surface area contributed by atoms with Crippen molar-refractivity contribution in [3.05, 3.63) is 53.8 Å². The quantitative estimate of drug-likeness (QED) is 0.563. The highest BCUT2D eigenvalue weighted by Crippen LogP contribution is 2.27. The number of aryl methyl sites for hydroxylation is 1. The molecule has 0 aliphatic rings. The number of hydrogen-bond acceptors (Lipinski definition) is 5. The Kier molecular flexibility index (Phi) is 5.42. The first-order valence-electron chi connectivity index (χ1n) is 7.39. The van der Waals surface area contributed by atoms with Crippen LogP contribution in [-0.4, -0.2) is 36.9 Å². The van der Waals surface area contributed by atoms with Crippen molar-refractivity contribution in [2.45, 2.75) is 12.6 Å². The number of nitrogens with one attached hydrogen (secondary N) is 1. The summed E-state index contributed by atoms with van der Waals surface area (Å²) in [4.78, 5) is 30.2. The Morgan fingerprint density at radius 2 is 2.12 bits per heavy atom. The van der Waals surface area contributed by atoms with Crippen LogP contribution in [0.2, 0.25) is 10.0 Å². The molecule has 0 fully saturated rings. The minimum absolute atomic E-state index is 0.0174. The van der Waals surface area contributed by atoms with Gasteiger partial charge in [-0.1, -0.05) is 23.2 Å². The van der Waals surface area contributed by atoms with E-state index in [1.54, 1.807) is 12.1 Å². The maximum absolute atomic E-state index is 12.1. The number of nitrogens with zero attached hydrogens (tertiary/aromatic N) is 3. The number of benzene rings is 1. The molecule has 138 valence electrons. The second-order valence-electron chi connectivity index (χ2n) is 5.52. The molecule has 0 aliphatic carbocycles. The van der Waals surface area contributed by atoms with E-state index in [0.29, 0.717) is 20.5 Å². The molecule has 0 unspecified atom stereocenters. The summed E-state index contributed by atoms with van der Waals surface area (Å²) in [6, 6.07) is 4.75. The third-order valence-electron chi connectivity index (χ3n) is 3.68. The number of aliphatic hydroxyl groups is 1. The molecule has 0 bridgehead atoms. The highest BCUT2D eigenvalue weighted by atomic mass is 79.9. The SMILES string of the molecule is Cn1c(=O)[nH]c(=O)c2c1nc(Br)n2C[C@H](O)COc1ccc(Cl)cc1Cl. The zero-order valence-corrected chi connectivity index (χ0v) is 16.5. The molecule has 26 heavy (non-hydrogen) atoms. The van der Waals surface area contributed by atoms with E-state index in [-0.39, 0.29) is 24.3 Å². The van der Waals surface area contributed by atoms with Crippen molar-refractivity contribution in [2.75, 3.05) is 6.61 Å². The third-order valence-corrected chi connectivity index (χ3v) is 4.81. The monoisotopic (exact) mass is 462 g/mol. The molecule has 2 N–H and O–H groups in total. The van der Waals surface area contributed by atoms with Crippen LogP contribution in [0.4, 0.5) is 0 Å². The number of H-pyrrole nitrogens is 1. The maximum atomic E-state index is 12.1. The van der Waals surface area contributed by atoms with E-state index in [1.807, 2.05) is 0 Å². The number of hydrogen-bond donors (Lipinski definition) is 2. The molecular formula is C15H13BrCl2N4O4. The minimum atomic E-state index is -0.966. The zero-order chi connectivity index (χ0) is 19.0. The van der Waals surface area contributed by atoms with Crippen LogP contribution in [0, 0.1) is 0 Å². The van der Waals surface area contributed by atoms with Crippen LogP contribution in [0.1, 0.15) is 0 Å². The number of ether oxygens (including phenoxy) is 1. The number of aliphatic hydroxyl groups excluding tert-OH is 1. The fraction of sp³-hybridized carbons (Fsp3) is 0.267. The van der Waals surface area contributed by atoms with Crippen LogP contribution in [0.25, 0.3) is 11.2 Å². The van der Waals surface area contributed by atoms with Crippen LogP contribution in [0.3, 0.4) is 0 Å². The molecule has 2 aromatic heterocycles. The molecule has 0 saturated carbocycles. The number of halogens is 3. The Hall–Kier alpha value is -1.81. The van der Waals surface area contributed by atoms with Crippen LogP contribution >= 0.6 is 39.1 Å². The summed E-state index contributed by atoms with van der Waals surface area (Å²) in [5.41, 5.74) is -0.780. The minimum Gasteiger partial charge on any atom is -0.489 e. The van der Waals surface area contributed by atoms with Crippen LogP contribution in [-0.2, 0) is 13.6 Å². The van der Waals surface area contributed by atoms with E-state index in [9.17, 15) is 14.7 Å². The Morgan fingerprint density at radius 1 is 1.38 bits per heavy atom. The van der Waals surface area contributed by atoms with Gasteiger partial charge in [0.2, 0.25) is 0 Å². The lowest BCUT2D eigenvalue weighted by Gasteiger charge is -2.15. The van der Waals surface area contributed by atoms with Gasteiger partial charge in [0.1, 0.15) is 18.5 Å². The van der Waals surface area contributed by atoms with E-state index in [4.69, 9.17) is 27.9 Å². The van der Waals surface area contributed by atoms with Gasteiger partial charge < -0.3 is 14.4 Å². The predicted octanol–water partition coefficient (Wildman–Crippen LogP) is 1.93. The smallest absolute Gasteiger partial charge is 0.329 e. The summed E-state index contributed by atoms with van der Waals surface area (Å²) in [5.74, 6) is 0.380.